The molecule has 2 N–H and O–H groups in total. The number of amides is 2. The van der Waals surface area contributed by atoms with Crippen molar-refractivity contribution < 1.29 is 22.7 Å². The standard InChI is InChI=1S/C15H19F3N2O2/c1-10(12-4-5-12)20-14(21)19-9-8-11-2-6-13(7-3-11)22-15(16,17)18/h2-3,6-7,10,12H,4-5,8-9H2,1H3,(H2,19,20,21). The van der Waals surface area contributed by atoms with Gasteiger partial charge in [0.15, 0.2) is 0 Å². The van der Waals surface area contributed by atoms with E-state index in [-0.39, 0.29) is 17.8 Å². The van der Waals surface area contributed by atoms with Crippen molar-refractivity contribution in [2.45, 2.75) is 38.6 Å². The predicted molar refractivity (Wildman–Crippen MR) is 75.5 cm³/mol. The van der Waals surface area contributed by atoms with Crippen LogP contribution in [0.5, 0.6) is 5.75 Å². The zero-order valence-corrected chi connectivity index (χ0v) is 12.2. The van der Waals surface area contributed by atoms with Gasteiger partial charge in [-0.2, -0.15) is 0 Å². The predicted octanol–water partition coefficient (Wildman–Crippen LogP) is 3.23. The number of urea groups is 1. The maximum absolute atomic E-state index is 12.0. The van der Waals surface area contributed by atoms with Gasteiger partial charge in [0.2, 0.25) is 0 Å². The average Bonchev–Trinajstić information content (AvgIpc) is 3.23. The number of alkyl halides is 3. The highest BCUT2D eigenvalue weighted by molar-refractivity contribution is 5.74. The van der Waals surface area contributed by atoms with E-state index in [1.165, 1.54) is 12.1 Å². The number of carbonyl (C=O) groups excluding carboxylic acids is 1. The highest BCUT2D eigenvalue weighted by Crippen LogP contribution is 2.32. The second-order valence-electron chi connectivity index (χ2n) is 5.47. The summed E-state index contributed by atoms with van der Waals surface area (Å²) in [6, 6.07) is 5.59. The molecule has 2 rings (SSSR count). The highest BCUT2D eigenvalue weighted by Gasteiger charge is 2.31. The maximum Gasteiger partial charge on any atom is 0.573 e. The van der Waals surface area contributed by atoms with Crippen molar-refractivity contribution in [1.29, 1.82) is 0 Å². The summed E-state index contributed by atoms with van der Waals surface area (Å²) in [5.74, 6) is 0.340. The minimum absolute atomic E-state index is 0.179. The molecule has 0 aromatic heterocycles. The zero-order valence-electron chi connectivity index (χ0n) is 12.2. The third kappa shape index (κ3) is 5.83. The summed E-state index contributed by atoms with van der Waals surface area (Å²) >= 11 is 0. The Balaban J connectivity index is 1.69. The Morgan fingerprint density at radius 2 is 1.95 bits per heavy atom. The lowest BCUT2D eigenvalue weighted by molar-refractivity contribution is -0.274. The number of hydrogen-bond acceptors (Lipinski definition) is 2. The Labute approximate surface area is 127 Å². The number of carbonyl (C=O) groups is 1. The van der Waals surface area contributed by atoms with Gasteiger partial charge in [-0.1, -0.05) is 12.1 Å². The summed E-state index contributed by atoms with van der Waals surface area (Å²) in [5.41, 5.74) is 0.824. The summed E-state index contributed by atoms with van der Waals surface area (Å²) in [6.07, 6.45) is -1.82. The van der Waals surface area contributed by atoms with E-state index >= 15 is 0 Å². The molecule has 122 valence electrons. The molecule has 0 radical (unpaired) electrons. The third-order valence-electron chi connectivity index (χ3n) is 3.54. The van der Waals surface area contributed by atoms with Crippen LogP contribution in [0.2, 0.25) is 0 Å². The molecule has 1 fully saturated rings. The lowest BCUT2D eigenvalue weighted by atomic mass is 10.1. The van der Waals surface area contributed by atoms with Crippen molar-refractivity contribution in [2.75, 3.05) is 6.54 Å². The number of benzene rings is 1. The Hall–Kier alpha value is -1.92. The van der Waals surface area contributed by atoms with Crippen LogP contribution >= 0.6 is 0 Å². The van der Waals surface area contributed by atoms with E-state index < -0.39 is 6.36 Å². The van der Waals surface area contributed by atoms with E-state index in [4.69, 9.17) is 0 Å². The van der Waals surface area contributed by atoms with Crippen LogP contribution in [0, 0.1) is 5.92 Å². The molecule has 1 aliphatic rings. The van der Waals surface area contributed by atoms with Gasteiger partial charge in [-0.3, -0.25) is 0 Å². The molecule has 1 aliphatic carbocycles. The van der Waals surface area contributed by atoms with Gasteiger partial charge in [-0.05, 0) is 49.8 Å². The van der Waals surface area contributed by atoms with Gasteiger partial charge in [0.1, 0.15) is 5.75 Å². The van der Waals surface area contributed by atoms with Crippen LogP contribution in [0.15, 0.2) is 24.3 Å². The fraction of sp³-hybridized carbons (Fsp3) is 0.533. The second kappa shape index (κ2) is 6.89. The van der Waals surface area contributed by atoms with Crippen molar-refractivity contribution in [3.8, 4) is 5.75 Å². The number of rotatable bonds is 6. The Bertz CT molecular complexity index is 499. The first-order valence-electron chi connectivity index (χ1n) is 7.22. The Kier molecular flexibility index (Phi) is 5.15. The Morgan fingerprint density at radius 3 is 2.50 bits per heavy atom. The molecule has 0 aliphatic heterocycles. The maximum atomic E-state index is 12.0. The zero-order chi connectivity index (χ0) is 16.2. The summed E-state index contributed by atoms with van der Waals surface area (Å²) in [7, 11) is 0. The minimum atomic E-state index is -4.68. The summed E-state index contributed by atoms with van der Waals surface area (Å²) in [6.45, 7) is 2.40. The first-order chi connectivity index (χ1) is 10.3. The number of halogens is 3. The van der Waals surface area contributed by atoms with Gasteiger partial charge in [0, 0.05) is 12.6 Å². The van der Waals surface area contributed by atoms with Gasteiger partial charge in [0.25, 0.3) is 0 Å². The molecular formula is C15H19F3N2O2. The molecule has 1 unspecified atom stereocenters. The number of ether oxygens (including phenoxy) is 1. The molecule has 1 saturated carbocycles. The molecule has 0 spiro atoms. The van der Waals surface area contributed by atoms with Crippen LogP contribution in [0.4, 0.5) is 18.0 Å². The molecule has 1 atom stereocenters. The van der Waals surface area contributed by atoms with Gasteiger partial charge in [0.05, 0.1) is 0 Å². The first-order valence-corrected chi connectivity index (χ1v) is 7.22. The van der Waals surface area contributed by atoms with Crippen molar-refractivity contribution in [2.24, 2.45) is 5.92 Å². The largest absolute Gasteiger partial charge is 0.573 e. The lowest BCUT2D eigenvalue weighted by Gasteiger charge is -2.13. The van der Waals surface area contributed by atoms with E-state index in [1.54, 1.807) is 12.1 Å². The molecule has 4 nitrogen and oxygen atoms in total. The SMILES string of the molecule is CC(NC(=O)NCCc1ccc(OC(F)(F)F)cc1)C1CC1. The monoisotopic (exact) mass is 316 g/mol. The third-order valence-corrected chi connectivity index (χ3v) is 3.54. The summed E-state index contributed by atoms with van der Waals surface area (Å²) in [4.78, 5) is 11.6. The molecule has 7 heteroatoms. The van der Waals surface area contributed by atoms with E-state index in [0.717, 1.165) is 18.4 Å². The lowest BCUT2D eigenvalue weighted by Crippen LogP contribution is -2.42. The normalized spacial score (nSPS) is 16.0. The van der Waals surface area contributed by atoms with Crippen LogP contribution in [0.1, 0.15) is 25.3 Å². The minimum Gasteiger partial charge on any atom is -0.406 e. The quantitative estimate of drug-likeness (QED) is 0.846. The van der Waals surface area contributed by atoms with Crippen LogP contribution in [0.25, 0.3) is 0 Å². The van der Waals surface area contributed by atoms with Crippen molar-refractivity contribution in [1.82, 2.24) is 10.6 Å². The number of hydrogen-bond donors (Lipinski definition) is 2. The van der Waals surface area contributed by atoms with Crippen molar-refractivity contribution in [3.63, 3.8) is 0 Å². The van der Waals surface area contributed by atoms with E-state index in [0.29, 0.717) is 18.9 Å². The van der Waals surface area contributed by atoms with E-state index in [1.807, 2.05) is 6.92 Å². The molecule has 0 bridgehead atoms. The van der Waals surface area contributed by atoms with Crippen LogP contribution in [-0.4, -0.2) is 25.0 Å². The second-order valence-corrected chi connectivity index (χ2v) is 5.47. The fourth-order valence-electron chi connectivity index (χ4n) is 2.15. The molecule has 22 heavy (non-hydrogen) atoms. The average molecular weight is 316 g/mol. The number of nitrogens with one attached hydrogen (secondary N) is 2. The molecule has 0 heterocycles. The van der Waals surface area contributed by atoms with Crippen LogP contribution in [0.3, 0.4) is 0 Å². The van der Waals surface area contributed by atoms with Crippen molar-refractivity contribution >= 4 is 6.03 Å². The van der Waals surface area contributed by atoms with Crippen LogP contribution in [-0.2, 0) is 6.42 Å². The van der Waals surface area contributed by atoms with Gasteiger partial charge in [-0.15, -0.1) is 13.2 Å². The molecule has 1 aromatic carbocycles. The Morgan fingerprint density at radius 1 is 1.32 bits per heavy atom. The van der Waals surface area contributed by atoms with E-state index in [9.17, 15) is 18.0 Å². The highest BCUT2D eigenvalue weighted by atomic mass is 19.4. The fourth-order valence-corrected chi connectivity index (χ4v) is 2.15. The molecular weight excluding hydrogens is 297 g/mol. The first kappa shape index (κ1) is 16.5. The topological polar surface area (TPSA) is 50.4 Å². The van der Waals surface area contributed by atoms with Gasteiger partial charge < -0.3 is 15.4 Å². The summed E-state index contributed by atoms with van der Waals surface area (Å²) in [5, 5.41) is 5.60. The molecule has 0 saturated heterocycles. The summed E-state index contributed by atoms with van der Waals surface area (Å²) < 4.78 is 39.9. The molecule has 2 amide bonds. The molecule has 1 aromatic rings. The van der Waals surface area contributed by atoms with Crippen LogP contribution < -0.4 is 15.4 Å². The van der Waals surface area contributed by atoms with Gasteiger partial charge >= 0.3 is 12.4 Å². The van der Waals surface area contributed by atoms with Crippen molar-refractivity contribution in [3.05, 3.63) is 29.8 Å². The smallest absolute Gasteiger partial charge is 0.406 e. The van der Waals surface area contributed by atoms with Gasteiger partial charge in [-0.25, -0.2) is 4.79 Å². The van der Waals surface area contributed by atoms with E-state index in [2.05, 4.69) is 15.4 Å².